The highest BCUT2D eigenvalue weighted by atomic mass is 127. The fourth-order valence-electron chi connectivity index (χ4n) is 1.80. The quantitative estimate of drug-likeness (QED) is 0.434. The van der Waals surface area contributed by atoms with E-state index in [1.54, 1.807) is 12.1 Å². The van der Waals surface area contributed by atoms with E-state index in [9.17, 15) is 14.9 Å². The molecule has 7 nitrogen and oxygen atoms in total. The Kier molecular flexibility index (Phi) is 5.74. The molecular formula is C15H13IN2O5. The number of nitro groups is 1. The highest BCUT2D eigenvalue weighted by Gasteiger charge is 2.17. The zero-order valence-corrected chi connectivity index (χ0v) is 14.3. The SMILES string of the molecule is COc1ccc(OCC(=O)Nc2cccc(I)c2)c([N+](=O)[O-])c1. The Morgan fingerprint density at radius 2 is 2.09 bits per heavy atom. The second kappa shape index (κ2) is 7.77. The average molecular weight is 428 g/mol. The van der Waals surface area contributed by atoms with E-state index < -0.39 is 10.8 Å². The summed E-state index contributed by atoms with van der Waals surface area (Å²) in [7, 11) is 1.41. The minimum absolute atomic E-state index is 0.00796. The maximum absolute atomic E-state index is 11.9. The van der Waals surface area contributed by atoms with E-state index in [0.717, 1.165) is 3.57 Å². The normalized spacial score (nSPS) is 10.0. The van der Waals surface area contributed by atoms with E-state index in [1.807, 2.05) is 12.1 Å². The summed E-state index contributed by atoms with van der Waals surface area (Å²) in [4.78, 5) is 22.3. The van der Waals surface area contributed by atoms with E-state index >= 15 is 0 Å². The topological polar surface area (TPSA) is 90.7 Å². The van der Waals surface area contributed by atoms with Crippen molar-refractivity contribution in [3.05, 3.63) is 56.1 Å². The van der Waals surface area contributed by atoms with Gasteiger partial charge in [-0.25, -0.2) is 0 Å². The van der Waals surface area contributed by atoms with Gasteiger partial charge in [-0.2, -0.15) is 0 Å². The van der Waals surface area contributed by atoms with Crippen LogP contribution in [0.2, 0.25) is 0 Å². The molecule has 0 radical (unpaired) electrons. The van der Waals surface area contributed by atoms with Crippen LogP contribution in [0.4, 0.5) is 11.4 Å². The predicted octanol–water partition coefficient (Wildman–Crippen LogP) is 3.23. The van der Waals surface area contributed by atoms with Gasteiger partial charge in [0, 0.05) is 9.26 Å². The fourth-order valence-corrected chi connectivity index (χ4v) is 2.34. The molecule has 2 rings (SSSR count). The highest BCUT2D eigenvalue weighted by Crippen LogP contribution is 2.30. The Balaban J connectivity index is 2.02. The number of benzene rings is 2. The maximum atomic E-state index is 11.9. The minimum atomic E-state index is -0.588. The molecule has 0 atom stereocenters. The second-order valence-corrected chi connectivity index (χ2v) is 5.68. The van der Waals surface area contributed by atoms with Gasteiger partial charge in [-0.15, -0.1) is 0 Å². The summed E-state index contributed by atoms with van der Waals surface area (Å²) in [5.41, 5.74) is 0.376. The molecule has 0 unspecified atom stereocenters. The van der Waals surface area contributed by atoms with Gasteiger partial charge in [0.1, 0.15) is 5.75 Å². The molecule has 0 bridgehead atoms. The van der Waals surface area contributed by atoms with Gasteiger partial charge in [0.25, 0.3) is 5.91 Å². The first-order valence-corrected chi connectivity index (χ1v) is 7.58. The molecule has 8 heteroatoms. The van der Waals surface area contributed by atoms with Crippen LogP contribution in [0.3, 0.4) is 0 Å². The molecule has 120 valence electrons. The van der Waals surface area contributed by atoms with Gasteiger partial charge in [0.05, 0.1) is 18.1 Å². The lowest BCUT2D eigenvalue weighted by atomic mass is 10.3. The van der Waals surface area contributed by atoms with Gasteiger partial charge >= 0.3 is 5.69 Å². The standard InChI is InChI=1S/C15H13IN2O5/c1-22-12-5-6-14(13(8-12)18(20)21)23-9-15(19)17-11-4-2-3-10(16)7-11/h2-8H,9H2,1H3,(H,17,19). The number of nitrogens with one attached hydrogen (secondary N) is 1. The zero-order chi connectivity index (χ0) is 16.8. The molecule has 0 aromatic heterocycles. The number of hydrogen-bond donors (Lipinski definition) is 1. The number of ether oxygens (including phenoxy) is 2. The van der Waals surface area contributed by atoms with E-state index in [-0.39, 0.29) is 18.0 Å². The summed E-state index contributed by atoms with van der Waals surface area (Å²) >= 11 is 2.13. The van der Waals surface area contributed by atoms with Crippen molar-refractivity contribution in [3.8, 4) is 11.5 Å². The summed E-state index contributed by atoms with van der Waals surface area (Å²) in [5, 5.41) is 13.7. The number of rotatable bonds is 6. The van der Waals surface area contributed by atoms with Crippen LogP contribution in [0.1, 0.15) is 0 Å². The van der Waals surface area contributed by atoms with E-state index in [0.29, 0.717) is 11.4 Å². The molecule has 23 heavy (non-hydrogen) atoms. The van der Waals surface area contributed by atoms with Crippen LogP contribution in [0.5, 0.6) is 11.5 Å². The van der Waals surface area contributed by atoms with Gasteiger partial charge in [0.15, 0.2) is 12.4 Å². The van der Waals surface area contributed by atoms with Crippen molar-refractivity contribution in [3.63, 3.8) is 0 Å². The van der Waals surface area contributed by atoms with Crippen LogP contribution in [0.15, 0.2) is 42.5 Å². The van der Waals surface area contributed by atoms with Crippen molar-refractivity contribution in [2.45, 2.75) is 0 Å². The van der Waals surface area contributed by atoms with Crippen LogP contribution < -0.4 is 14.8 Å². The summed E-state index contributed by atoms with van der Waals surface area (Å²) < 4.78 is 11.2. The first-order valence-electron chi connectivity index (χ1n) is 6.50. The number of anilines is 1. The molecule has 2 aromatic carbocycles. The average Bonchev–Trinajstić information content (AvgIpc) is 2.52. The molecule has 0 aliphatic carbocycles. The lowest BCUT2D eigenvalue weighted by Gasteiger charge is -2.09. The van der Waals surface area contributed by atoms with E-state index in [4.69, 9.17) is 9.47 Å². The Morgan fingerprint density at radius 3 is 2.74 bits per heavy atom. The van der Waals surface area contributed by atoms with Crippen LogP contribution >= 0.6 is 22.6 Å². The monoisotopic (exact) mass is 428 g/mol. The molecule has 2 aromatic rings. The Bertz CT molecular complexity index is 736. The van der Waals surface area contributed by atoms with Gasteiger partial charge in [-0.1, -0.05) is 6.07 Å². The van der Waals surface area contributed by atoms with Crippen molar-refractivity contribution in [2.75, 3.05) is 19.0 Å². The molecule has 0 aliphatic rings. The third kappa shape index (κ3) is 4.81. The third-order valence-electron chi connectivity index (χ3n) is 2.83. The van der Waals surface area contributed by atoms with Crippen molar-refractivity contribution in [1.29, 1.82) is 0 Å². The smallest absolute Gasteiger partial charge is 0.314 e. The lowest BCUT2D eigenvalue weighted by molar-refractivity contribution is -0.385. The number of nitro benzene ring substituents is 1. The molecule has 0 fully saturated rings. The first kappa shape index (κ1) is 17.0. The molecule has 0 saturated carbocycles. The van der Waals surface area contributed by atoms with E-state index in [1.165, 1.54) is 25.3 Å². The number of carbonyl (C=O) groups excluding carboxylic acids is 1. The van der Waals surface area contributed by atoms with Crippen LogP contribution in [0.25, 0.3) is 0 Å². The molecule has 1 N–H and O–H groups in total. The van der Waals surface area contributed by atoms with Crippen molar-refractivity contribution in [1.82, 2.24) is 0 Å². The van der Waals surface area contributed by atoms with Gasteiger partial charge in [0.2, 0.25) is 0 Å². The van der Waals surface area contributed by atoms with Gasteiger partial charge < -0.3 is 14.8 Å². The minimum Gasteiger partial charge on any atom is -0.496 e. The Hall–Kier alpha value is -2.36. The predicted molar refractivity (Wildman–Crippen MR) is 92.9 cm³/mol. The molecule has 0 saturated heterocycles. The van der Waals surface area contributed by atoms with Crippen molar-refractivity contribution < 1.29 is 19.2 Å². The number of halogens is 1. The van der Waals surface area contributed by atoms with Crippen LogP contribution in [0, 0.1) is 13.7 Å². The summed E-state index contributed by atoms with van der Waals surface area (Å²) in [6.45, 7) is -0.335. The van der Waals surface area contributed by atoms with Crippen molar-refractivity contribution in [2.24, 2.45) is 0 Å². The zero-order valence-electron chi connectivity index (χ0n) is 12.1. The maximum Gasteiger partial charge on any atom is 0.314 e. The molecule has 0 heterocycles. The second-order valence-electron chi connectivity index (χ2n) is 4.44. The Morgan fingerprint density at radius 1 is 1.30 bits per heavy atom. The van der Waals surface area contributed by atoms with Gasteiger partial charge in [-0.3, -0.25) is 14.9 Å². The lowest BCUT2D eigenvalue weighted by Crippen LogP contribution is -2.20. The number of carbonyl (C=O) groups is 1. The van der Waals surface area contributed by atoms with Gasteiger partial charge in [-0.05, 0) is 52.9 Å². The fraction of sp³-hybridized carbons (Fsp3) is 0.133. The summed E-state index contributed by atoms with van der Waals surface area (Å²) in [5.74, 6) is -0.0573. The Labute approximate surface area is 145 Å². The van der Waals surface area contributed by atoms with E-state index in [2.05, 4.69) is 27.9 Å². The summed E-state index contributed by atoms with van der Waals surface area (Å²) in [6.07, 6.45) is 0. The first-order chi connectivity index (χ1) is 11.0. The molecule has 0 aliphatic heterocycles. The highest BCUT2D eigenvalue weighted by molar-refractivity contribution is 14.1. The molecular weight excluding hydrogens is 415 g/mol. The molecule has 1 amide bonds. The summed E-state index contributed by atoms with van der Waals surface area (Å²) in [6, 6.07) is 11.4. The van der Waals surface area contributed by atoms with Crippen LogP contribution in [-0.2, 0) is 4.79 Å². The number of amides is 1. The molecule has 0 spiro atoms. The number of hydrogen-bond acceptors (Lipinski definition) is 5. The number of nitrogens with zero attached hydrogens (tertiary/aromatic N) is 1. The largest absolute Gasteiger partial charge is 0.496 e. The number of methoxy groups -OCH3 is 1. The third-order valence-corrected chi connectivity index (χ3v) is 3.50. The van der Waals surface area contributed by atoms with Crippen LogP contribution in [-0.4, -0.2) is 24.5 Å². The van der Waals surface area contributed by atoms with Crippen molar-refractivity contribution >= 4 is 39.9 Å².